The van der Waals surface area contributed by atoms with Crippen LogP contribution in [0.4, 0.5) is 0 Å². The predicted molar refractivity (Wildman–Crippen MR) is 65.6 cm³/mol. The minimum absolute atomic E-state index is 0.0924. The molecule has 1 aliphatic rings. The van der Waals surface area contributed by atoms with Crippen molar-refractivity contribution in [3.63, 3.8) is 0 Å². The monoisotopic (exact) mass is 235 g/mol. The van der Waals surface area contributed by atoms with Gasteiger partial charge in [0.05, 0.1) is 6.42 Å². The third-order valence-corrected chi connectivity index (χ3v) is 3.30. The summed E-state index contributed by atoms with van der Waals surface area (Å²) in [4.78, 5) is 15.5. The third-order valence-electron chi connectivity index (χ3n) is 2.18. The highest BCUT2D eigenvalue weighted by Crippen LogP contribution is 2.27. The van der Waals surface area contributed by atoms with Gasteiger partial charge in [-0.25, -0.2) is 4.99 Å². The molecular weight excluding hydrogens is 222 g/mol. The molecule has 16 heavy (non-hydrogen) atoms. The Balaban J connectivity index is 2.18. The molecule has 0 spiro atoms. The van der Waals surface area contributed by atoms with Crippen molar-refractivity contribution in [3.8, 4) is 0 Å². The fourth-order valence-corrected chi connectivity index (χ4v) is 2.59. The predicted octanol–water partition coefficient (Wildman–Crippen LogP) is 2.46. The normalized spacial score (nSPS) is 20.7. The third kappa shape index (κ3) is 2.71. The molecule has 0 bridgehead atoms. The molecule has 1 heterocycles. The number of carbonyl (C=O) groups excluding carboxylic acids is 1. The summed E-state index contributed by atoms with van der Waals surface area (Å²) in [5.74, 6) is -0.101. The minimum atomic E-state index is -0.101. The Morgan fingerprint density at radius 2 is 2.19 bits per heavy atom. The van der Waals surface area contributed by atoms with Crippen LogP contribution < -0.4 is 0 Å². The van der Waals surface area contributed by atoms with Crippen LogP contribution in [0.15, 0.2) is 35.3 Å². The Hall–Kier alpha value is -1.13. The molecule has 0 aromatic heterocycles. The van der Waals surface area contributed by atoms with Crippen LogP contribution in [0.2, 0.25) is 0 Å². The van der Waals surface area contributed by atoms with Crippen molar-refractivity contribution in [2.45, 2.75) is 18.8 Å². The number of carbonyl (C=O) groups is 1. The van der Waals surface area contributed by atoms with E-state index in [9.17, 15) is 4.79 Å². The van der Waals surface area contributed by atoms with E-state index in [0.717, 1.165) is 10.6 Å². The molecule has 1 aromatic carbocycles. The average molecular weight is 235 g/mol. The van der Waals surface area contributed by atoms with E-state index in [0.29, 0.717) is 13.0 Å². The standard InChI is InChI=1S/C12H13NO2S/c1-2-15-11-8-10(14)13-12(16-11)9-6-4-3-5-7-9/h3-7,11H,2,8H2,1H3. The van der Waals surface area contributed by atoms with Gasteiger partial charge in [0.25, 0.3) is 0 Å². The van der Waals surface area contributed by atoms with Crippen molar-refractivity contribution in [2.24, 2.45) is 4.99 Å². The lowest BCUT2D eigenvalue weighted by atomic mass is 10.2. The summed E-state index contributed by atoms with van der Waals surface area (Å²) in [7, 11) is 0. The van der Waals surface area contributed by atoms with Crippen molar-refractivity contribution in [1.82, 2.24) is 0 Å². The van der Waals surface area contributed by atoms with Crippen LogP contribution in [0.25, 0.3) is 0 Å². The molecule has 0 aliphatic carbocycles. The molecule has 2 rings (SSSR count). The highest BCUT2D eigenvalue weighted by atomic mass is 32.2. The minimum Gasteiger partial charge on any atom is -0.367 e. The van der Waals surface area contributed by atoms with Crippen molar-refractivity contribution < 1.29 is 9.53 Å². The number of hydrogen-bond donors (Lipinski definition) is 0. The number of nitrogens with zero attached hydrogens (tertiary/aromatic N) is 1. The lowest BCUT2D eigenvalue weighted by molar-refractivity contribution is -0.119. The van der Waals surface area contributed by atoms with E-state index < -0.39 is 0 Å². The maximum atomic E-state index is 11.5. The van der Waals surface area contributed by atoms with Gasteiger partial charge < -0.3 is 4.74 Å². The van der Waals surface area contributed by atoms with Gasteiger partial charge in [-0.05, 0) is 6.92 Å². The lowest BCUT2D eigenvalue weighted by Gasteiger charge is -2.20. The molecule has 0 saturated heterocycles. The molecule has 0 saturated carbocycles. The first-order valence-electron chi connectivity index (χ1n) is 5.25. The summed E-state index contributed by atoms with van der Waals surface area (Å²) < 4.78 is 5.47. The number of hydrogen-bond acceptors (Lipinski definition) is 3. The molecule has 0 fully saturated rings. The Bertz CT molecular complexity index is 403. The smallest absolute Gasteiger partial charge is 0.250 e. The number of amides is 1. The SMILES string of the molecule is CCOC1CC(=O)N=C(c2ccccc2)S1. The fraction of sp³-hybridized carbons (Fsp3) is 0.333. The Morgan fingerprint density at radius 1 is 1.44 bits per heavy atom. The van der Waals surface area contributed by atoms with Crippen molar-refractivity contribution in [2.75, 3.05) is 6.61 Å². The number of benzene rings is 1. The van der Waals surface area contributed by atoms with Gasteiger partial charge in [0, 0.05) is 12.2 Å². The fourth-order valence-electron chi connectivity index (χ4n) is 1.49. The molecule has 1 unspecified atom stereocenters. The van der Waals surface area contributed by atoms with Crippen LogP contribution in [-0.2, 0) is 9.53 Å². The van der Waals surface area contributed by atoms with E-state index in [4.69, 9.17) is 4.74 Å². The van der Waals surface area contributed by atoms with E-state index in [1.807, 2.05) is 37.3 Å². The lowest BCUT2D eigenvalue weighted by Crippen LogP contribution is -2.21. The summed E-state index contributed by atoms with van der Waals surface area (Å²) in [6.45, 7) is 2.55. The summed E-state index contributed by atoms with van der Waals surface area (Å²) in [6.07, 6.45) is 0.370. The van der Waals surface area contributed by atoms with E-state index in [1.165, 1.54) is 11.8 Å². The second-order valence-corrected chi connectivity index (χ2v) is 4.53. The first-order valence-corrected chi connectivity index (χ1v) is 6.12. The molecule has 4 heteroatoms. The van der Waals surface area contributed by atoms with Crippen LogP contribution >= 0.6 is 11.8 Å². The first kappa shape index (κ1) is 11.4. The van der Waals surface area contributed by atoms with Gasteiger partial charge in [-0.2, -0.15) is 0 Å². The number of rotatable bonds is 3. The van der Waals surface area contributed by atoms with E-state index >= 15 is 0 Å². The number of ether oxygens (including phenoxy) is 1. The molecule has 84 valence electrons. The first-order chi connectivity index (χ1) is 7.79. The Labute approximate surface area is 98.9 Å². The molecule has 0 radical (unpaired) electrons. The highest BCUT2D eigenvalue weighted by Gasteiger charge is 2.23. The molecule has 3 nitrogen and oxygen atoms in total. The van der Waals surface area contributed by atoms with Gasteiger partial charge in [0.1, 0.15) is 10.5 Å². The second-order valence-electron chi connectivity index (χ2n) is 3.38. The van der Waals surface area contributed by atoms with Gasteiger partial charge in [-0.1, -0.05) is 42.1 Å². The Morgan fingerprint density at radius 3 is 2.88 bits per heavy atom. The molecule has 0 N–H and O–H groups in total. The van der Waals surface area contributed by atoms with Crippen LogP contribution in [0, 0.1) is 0 Å². The number of thioether (sulfide) groups is 1. The maximum Gasteiger partial charge on any atom is 0.250 e. The van der Waals surface area contributed by atoms with Gasteiger partial charge >= 0.3 is 0 Å². The summed E-state index contributed by atoms with van der Waals surface area (Å²) in [5.41, 5.74) is 0.885. The molecule has 1 aromatic rings. The Kier molecular flexibility index (Phi) is 3.74. The zero-order chi connectivity index (χ0) is 11.4. The van der Waals surface area contributed by atoms with Crippen molar-refractivity contribution in [3.05, 3.63) is 35.9 Å². The molecule has 1 aliphatic heterocycles. The largest absolute Gasteiger partial charge is 0.367 e. The number of aliphatic imine (C=N–C) groups is 1. The van der Waals surface area contributed by atoms with Gasteiger partial charge in [-0.3, -0.25) is 4.79 Å². The van der Waals surface area contributed by atoms with Crippen LogP contribution in [0.3, 0.4) is 0 Å². The topological polar surface area (TPSA) is 38.7 Å². The maximum absolute atomic E-state index is 11.5. The zero-order valence-electron chi connectivity index (χ0n) is 9.05. The average Bonchev–Trinajstić information content (AvgIpc) is 2.30. The molecule has 1 amide bonds. The van der Waals surface area contributed by atoms with Gasteiger partial charge in [0.15, 0.2) is 0 Å². The van der Waals surface area contributed by atoms with Crippen molar-refractivity contribution in [1.29, 1.82) is 0 Å². The van der Waals surface area contributed by atoms with Crippen LogP contribution in [-0.4, -0.2) is 23.0 Å². The summed E-state index contributed by atoms with van der Waals surface area (Å²) in [6, 6.07) is 9.72. The van der Waals surface area contributed by atoms with Gasteiger partial charge in [0.2, 0.25) is 5.91 Å². The van der Waals surface area contributed by atoms with E-state index in [2.05, 4.69) is 4.99 Å². The van der Waals surface area contributed by atoms with Crippen LogP contribution in [0.1, 0.15) is 18.9 Å². The van der Waals surface area contributed by atoms with Crippen molar-refractivity contribution >= 4 is 22.7 Å². The second kappa shape index (κ2) is 5.27. The molecular formula is C12H13NO2S. The quantitative estimate of drug-likeness (QED) is 0.807. The highest BCUT2D eigenvalue weighted by molar-refractivity contribution is 8.15. The van der Waals surface area contributed by atoms with E-state index in [1.54, 1.807) is 0 Å². The van der Waals surface area contributed by atoms with Crippen LogP contribution in [0.5, 0.6) is 0 Å². The summed E-state index contributed by atoms with van der Waals surface area (Å²) in [5, 5.41) is 0.760. The zero-order valence-corrected chi connectivity index (χ0v) is 9.87. The van der Waals surface area contributed by atoms with Gasteiger partial charge in [-0.15, -0.1) is 0 Å². The van der Waals surface area contributed by atoms with E-state index in [-0.39, 0.29) is 11.3 Å². The summed E-state index contributed by atoms with van der Waals surface area (Å²) >= 11 is 1.52. The molecule has 1 atom stereocenters.